The van der Waals surface area contributed by atoms with Crippen molar-refractivity contribution in [2.24, 2.45) is 0 Å². The van der Waals surface area contributed by atoms with E-state index in [9.17, 15) is 0 Å². The number of benzene rings is 10. The van der Waals surface area contributed by atoms with Gasteiger partial charge in [0.15, 0.2) is 11.2 Å². The summed E-state index contributed by atoms with van der Waals surface area (Å²) >= 11 is 2.49. The van der Waals surface area contributed by atoms with E-state index in [1.807, 2.05) is 0 Å². The molecule has 384 valence electrons. The van der Waals surface area contributed by atoms with Gasteiger partial charge in [0.2, 0.25) is 0 Å². The minimum atomic E-state index is 0.249. The lowest BCUT2D eigenvalue weighted by Crippen LogP contribution is -2.13. The van der Waals surface area contributed by atoms with E-state index in [0.717, 1.165) is 71.7 Å². The summed E-state index contributed by atoms with van der Waals surface area (Å²) in [6.07, 6.45) is 12.7. The number of nitrogens with zero attached hydrogens (tertiary/aromatic N) is 2. The number of anilines is 6. The van der Waals surface area contributed by atoms with E-state index in [2.05, 4.69) is 225 Å². The van der Waals surface area contributed by atoms with Crippen LogP contribution in [-0.2, 0) is 4.43 Å². The lowest BCUT2D eigenvalue weighted by molar-refractivity contribution is 0.442. The van der Waals surface area contributed by atoms with Crippen LogP contribution < -0.4 is 9.80 Å². The Hall–Kier alpha value is -6.83. The van der Waals surface area contributed by atoms with Gasteiger partial charge in [-0.05, 0) is 154 Å². The fraction of sp³-hybridized carbons (Fsp3) is 0.278. The van der Waals surface area contributed by atoms with Crippen molar-refractivity contribution >= 4 is 133 Å². The molecule has 4 nitrogen and oxygen atoms in total. The Balaban J connectivity index is 1.05. The summed E-state index contributed by atoms with van der Waals surface area (Å²) in [4.78, 5) is 5.03. The Morgan fingerprint density at radius 1 is 0.416 bits per heavy atom. The van der Waals surface area contributed by atoms with Gasteiger partial charge in [0.25, 0.3) is 0 Å². The molecule has 0 aliphatic heterocycles. The van der Waals surface area contributed by atoms with Crippen molar-refractivity contribution in [3.63, 3.8) is 0 Å². The monoisotopic (exact) mass is 1120 g/mol. The molecule has 2 aliphatic carbocycles. The second kappa shape index (κ2) is 19.6. The van der Waals surface area contributed by atoms with Crippen LogP contribution in [0.3, 0.4) is 0 Å². The molecule has 0 spiro atoms. The molecule has 0 atom stereocenters. The van der Waals surface area contributed by atoms with Gasteiger partial charge >= 0.3 is 0 Å². The summed E-state index contributed by atoms with van der Waals surface area (Å²) in [6.45, 7) is 11.6. The normalized spacial score (nSPS) is 15.1. The Morgan fingerprint density at radius 3 is 1.22 bits per heavy atom. The minimum absolute atomic E-state index is 0.249. The molecule has 10 aromatic carbocycles. The van der Waals surface area contributed by atoms with Gasteiger partial charge in [-0.2, -0.15) is 0 Å². The van der Waals surface area contributed by atoms with Crippen molar-refractivity contribution in [3.05, 3.63) is 191 Å². The number of hydrogen-bond donors (Lipinski definition) is 0. The lowest BCUT2D eigenvalue weighted by atomic mass is 9.83. The van der Waals surface area contributed by atoms with E-state index in [-0.39, 0.29) is 11.8 Å². The predicted octanol–water partition coefficient (Wildman–Crippen LogP) is 22.9. The molecule has 2 aromatic heterocycles. The molecular formula is C72H67IN2O2. The first-order valence-corrected chi connectivity index (χ1v) is 30.2. The molecule has 14 rings (SSSR count). The van der Waals surface area contributed by atoms with Gasteiger partial charge in [-0.25, -0.2) is 0 Å². The van der Waals surface area contributed by atoms with Crippen LogP contribution in [0.4, 0.5) is 34.1 Å². The van der Waals surface area contributed by atoms with Crippen molar-refractivity contribution in [1.82, 2.24) is 0 Å². The Kier molecular flexibility index (Phi) is 12.3. The first-order chi connectivity index (χ1) is 37.7. The van der Waals surface area contributed by atoms with E-state index in [0.29, 0.717) is 11.8 Å². The molecule has 77 heavy (non-hydrogen) atoms. The van der Waals surface area contributed by atoms with Crippen LogP contribution in [0.15, 0.2) is 167 Å². The Morgan fingerprint density at radius 2 is 0.805 bits per heavy atom. The average molecular weight is 1120 g/mol. The third-order valence-electron chi connectivity index (χ3n) is 17.9. The zero-order valence-electron chi connectivity index (χ0n) is 45.2. The summed E-state index contributed by atoms with van der Waals surface area (Å²) in [5.41, 5.74) is 18.5. The van der Waals surface area contributed by atoms with Gasteiger partial charge in [-0.15, -0.1) is 0 Å². The summed E-state index contributed by atoms with van der Waals surface area (Å²) in [5.74, 6) is 1.54. The van der Waals surface area contributed by atoms with Gasteiger partial charge in [0, 0.05) is 48.1 Å². The zero-order chi connectivity index (χ0) is 52.1. The molecule has 2 heterocycles. The molecule has 2 saturated carbocycles. The molecule has 0 saturated heterocycles. The van der Waals surface area contributed by atoms with Crippen LogP contribution in [0.5, 0.6) is 0 Å². The second-order valence-electron chi connectivity index (χ2n) is 23.3. The molecule has 2 aliphatic rings. The predicted molar refractivity (Wildman–Crippen MR) is 336 cm³/mol. The molecule has 0 bridgehead atoms. The number of furan rings is 2. The number of para-hydroxylation sites is 4. The first-order valence-electron chi connectivity index (χ1n) is 28.7. The highest BCUT2D eigenvalue weighted by Gasteiger charge is 2.30. The zero-order valence-corrected chi connectivity index (χ0v) is 47.3. The fourth-order valence-electron chi connectivity index (χ4n) is 14.1. The largest absolute Gasteiger partial charge is 0.454 e. The van der Waals surface area contributed by atoms with Crippen molar-refractivity contribution in [3.8, 4) is 0 Å². The second-order valence-corrected chi connectivity index (χ2v) is 24.0. The van der Waals surface area contributed by atoms with Crippen molar-refractivity contribution in [1.29, 1.82) is 0 Å². The number of halogens is 1. The molecular weight excluding hydrogens is 1050 g/mol. The van der Waals surface area contributed by atoms with Crippen LogP contribution in [0.25, 0.3) is 76.2 Å². The van der Waals surface area contributed by atoms with Crippen LogP contribution in [0.2, 0.25) is 0 Å². The van der Waals surface area contributed by atoms with Gasteiger partial charge in [-0.3, -0.25) is 0 Å². The van der Waals surface area contributed by atoms with Crippen molar-refractivity contribution < 1.29 is 8.83 Å². The minimum Gasteiger partial charge on any atom is -0.454 e. The molecule has 0 unspecified atom stereocenters. The maximum Gasteiger partial charge on any atom is 0.159 e. The molecule has 12 aromatic rings. The summed E-state index contributed by atoms with van der Waals surface area (Å²) in [6, 6.07) is 60.4. The van der Waals surface area contributed by atoms with Gasteiger partial charge < -0.3 is 18.6 Å². The lowest BCUT2D eigenvalue weighted by Gasteiger charge is -2.31. The number of alkyl halides is 1. The van der Waals surface area contributed by atoms with Crippen LogP contribution in [-0.4, -0.2) is 0 Å². The van der Waals surface area contributed by atoms with Gasteiger partial charge in [0.1, 0.15) is 11.2 Å². The molecule has 0 radical (unpaired) electrons. The van der Waals surface area contributed by atoms with Gasteiger partial charge in [-0.1, -0.05) is 204 Å². The Bertz CT molecular complexity index is 4190. The molecule has 5 heteroatoms. The molecule has 0 amide bonds. The number of hydrogen-bond acceptors (Lipinski definition) is 4. The van der Waals surface area contributed by atoms with E-state index in [4.69, 9.17) is 8.83 Å². The fourth-order valence-corrected chi connectivity index (χ4v) is 14.6. The van der Waals surface area contributed by atoms with Gasteiger partial charge in [0.05, 0.1) is 22.7 Å². The highest BCUT2D eigenvalue weighted by atomic mass is 127. The number of fused-ring (bicyclic) bond motifs is 6. The van der Waals surface area contributed by atoms with Crippen LogP contribution >= 0.6 is 22.6 Å². The summed E-state index contributed by atoms with van der Waals surface area (Å²) < 4.78 is 15.6. The summed E-state index contributed by atoms with van der Waals surface area (Å²) in [5, 5.41) is 12.4. The highest BCUT2D eigenvalue weighted by molar-refractivity contribution is 14.1. The van der Waals surface area contributed by atoms with E-state index < -0.39 is 0 Å². The average Bonchev–Trinajstić information content (AvgIpc) is 4.13. The quantitative estimate of drug-likeness (QED) is 0.0734. The van der Waals surface area contributed by atoms with Crippen molar-refractivity contribution in [2.75, 3.05) is 9.80 Å². The molecule has 2 fully saturated rings. The van der Waals surface area contributed by atoms with E-state index in [1.54, 1.807) is 0 Å². The molecule has 0 N–H and O–H groups in total. The third kappa shape index (κ3) is 8.03. The Labute approximate surface area is 466 Å². The van der Waals surface area contributed by atoms with E-state index >= 15 is 0 Å². The first kappa shape index (κ1) is 48.5. The standard InChI is InChI=1S/C72H67IN2O2/c1-43(2)61-40-65(74(49-32-28-45(5)29-33-49)63-26-14-24-57-55-22-12-20-51(69(55)76-71(57)63)47-16-8-6-9-17-47)59-38-36-54-62(44(3)4)41-66(60-39-37-53(61)67(59)68(54)60)75(50-34-30-46(42-73)31-35-50)64-27-15-25-58-56-23-13-21-52(70(56)77-72(58)64)48-18-10-7-11-19-48/h12-15,20-41,43-44,47-48H,6-11,16-19,42H2,1-5H3. The topological polar surface area (TPSA) is 32.8 Å². The van der Waals surface area contributed by atoms with Crippen molar-refractivity contribution in [2.45, 2.75) is 127 Å². The third-order valence-corrected chi connectivity index (χ3v) is 18.8. The van der Waals surface area contributed by atoms with Crippen LogP contribution in [0, 0.1) is 6.92 Å². The van der Waals surface area contributed by atoms with E-state index in [1.165, 1.54) is 141 Å². The SMILES string of the molecule is Cc1ccc(N(c2cc(C(C)C)c3ccc4c(N(c5ccc(CI)cc5)c5cccc6c5oc5c(C7CCCCC7)cccc56)cc(C(C)C)c5ccc2c3c54)c2cccc3c2oc2c(C4CCCCC4)cccc23)cc1. The highest BCUT2D eigenvalue weighted by Crippen LogP contribution is 2.54. The van der Waals surface area contributed by atoms with Crippen LogP contribution in [0.1, 0.15) is 149 Å². The number of rotatable bonds is 11. The summed E-state index contributed by atoms with van der Waals surface area (Å²) in [7, 11) is 0. The maximum absolute atomic E-state index is 7.35. The smallest absolute Gasteiger partial charge is 0.159 e. The number of aryl methyl sites for hydroxylation is 1. The maximum atomic E-state index is 7.35.